The molecule has 1 fully saturated rings. The van der Waals surface area contributed by atoms with E-state index in [-0.39, 0.29) is 11.7 Å². The van der Waals surface area contributed by atoms with Crippen molar-refractivity contribution in [2.75, 3.05) is 32.7 Å². The molecule has 1 aliphatic rings. The first-order valence-corrected chi connectivity index (χ1v) is 6.51. The van der Waals surface area contributed by atoms with Crippen molar-refractivity contribution in [1.29, 1.82) is 0 Å². The van der Waals surface area contributed by atoms with E-state index in [0.29, 0.717) is 5.56 Å². The molecular weight excluding hydrogens is 228 g/mol. The lowest BCUT2D eigenvalue weighted by atomic mass is 10.1. The summed E-state index contributed by atoms with van der Waals surface area (Å²) in [6.07, 6.45) is 1.16. The van der Waals surface area contributed by atoms with E-state index in [2.05, 4.69) is 11.8 Å². The summed E-state index contributed by atoms with van der Waals surface area (Å²) in [5, 5.41) is 9.21. The third-order valence-electron chi connectivity index (χ3n) is 3.31. The van der Waals surface area contributed by atoms with Gasteiger partial charge in [-0.15, -0.1) is 0 Å². The monoisotopic (exact) mass is 248 g/mol. The predicted octanol–water partition coefficient (Wildman–Crippen LogP) is 1.56. The van der Waals surface area contributed by atoms with Gasteiger partial charge in [0.2, 0.25) is 0 Å². The lowest BCUT2D eigenvalue weighted by Gasteiger charge is -2.34. The molecule has 1 amide bonds. The number of phenolic OH excluding ortho intramolecular Hbond substituents is 1. The van der Waals surface area contributed by atoms with Gasteiger partial charge >= 0.3 is 0 Å². The van der Waals surface area contributed by atoms with Gasteiger partial charge in [-0.2, -0.15) is 0 Å². The highest BCUT2D eigenvalue weighted by molar-refractivity contribution is 5.94. The van der Waals surface area contributed by atoms with E-state index < -0.39 is 0 Å². The van der Waals surface area contributed by atoms with Crippen LogP contribution in [-0.2, 0) is 0 Å². The molecule has 1 aromatic rings. The lowest BCUT2D eigenvalue weighted by molar-refractivity contribution is 0.0637. The van der Waals surface area contributed by atoms with Crippen molar-refractivity contribution in [1.82, 2.24) is 9.80 Å². The largest absolute Gasteiger partial charge is 0.508 e. The molecule has 18 heavy (non-hydrogen) atoms. The molecule has 1 aliphatic heterocycles. The maximum atomic E-state index is 12.2. The van der Waals surface area contributed by atoms with Crippen LogP contribution in [0.3, 0.4) is 0 Å². The van der Waals surface area contributed by atoms with Gasteiger partial charge in [0, 0.05) is 31.7 Å². The first kappa shape index (κ1) is 12.9. The number of phenols is 1. The molecule has 0 aliphatic carbocycles. The van der Waals surface area contributed by atoms with Crippen molar-refractivity contribution >= 4 is 5.91 Å². The lowest BCUT2D eigenvalue weighted by Crippen LogP contribution is -2.48. The van der Waals surface area contributed by atoms with Crippen LogP contribution in [-0.4, -0.2) is 53.5 Å². The Morgan fingerprint density at radius 1 is 1.17 bits per heavy atom. The molecule has 0 bridgehead atoms. The second-order valence-electron chi connectivity index (χ2n) is 4.68. The highest BCUT2D eigenvalue weighted by Crippen LogP contribution is 2.13. The standard InChI is InChI=1S/C14H20N2O2/c1-2-7-15-8-10-16(11-9-15)14(18)12-3-5-13(17)6-4-12/h3-6,17H,2,7-11H2,1H3. The number of rotatable bonds is 3. The van der Waals surface area contributed by atoms with E-state index >= 15 is 0 Å². The molecule has 0 saturated carbocycles. The van der Waals surface area contributed by atoms with Crippen molar-refractivity contribution in [2.24, 2.45) is 0 Å². The summed E-state index contributed by atoms with van der Waals surface area (Å²) in [5.41, 5.74) is 0.650. The van der Waals surface area contributed by atoms with E-state index in [1.54, 1.807) is 24.3 Å². The molecule has 2 rings (SSSR count). The number of carbonyl (C=O) groups is 1. The molecule has 0 radical (unpaired) electrons. The minimum atomic E-state index is 0.0612. The van der Waals surface area contributed by atoms with Crippen molar-refractivity contribution in [2.45, 2.75) is 13.3 Å². The molecule has 0 aromatic heterocycles. The summed E-state index contributed by atoms with van der Waals surface area (Å²) >= 11 is 0. The fourth-order valence-corrected chi connectivity index (χ4v) is 2.28. The average molecular weight is 248 g/mol. The van der Waals surface area contributed by atoms with Crippen LogP contribution in [0.4, 0.5) is 0 Å². The molecule has 4 heteroatoms. The van der Waals surface area contributed by atoms with Gasteiger partial charge in [0.25, 0.3) is 5.91 Å². The Bertz CT molecular complexity index is 395. The van der Waals surface area contributed by atoms with Crippen LogP contribution in [0, 0.1) is 0 Å². The summed E-state index contributed by atoms with van der Waals surface area (Å²) in [6, 6.07) is 6.47. The van der Waals surface area contributed by atoms with Crippen LogP contribution in [0.15, 0.2) is 24.3 Å². The molecule has 0 spiro atoms. The van der Waals surface area contributed by atoms with Crippen LogP contribution < -0.4 is 0 Å². The van der Waals surface area contributed by atoms with E-state index in [1.807, 2.05) is 4.90 Å². The SMILES string of the molecule is CCCN1CCN(C(=O)c2ccc(O)cc2)CC1. The molecule has 4 nitrogen and oxygen atoms in total. The van der Waals surface area contributed by atoms with Crippen molar-refractivity contribution in [3.05, 3.63) is 29.8 Å². The first-order chi connectivity index (χ1) is 8.70. The van der Waals surface area contributed by atoms with Gasteiger partial charge < -0.3 is 10.0 Å². The highest BCUT2D eigenvalue weighted by atomic mass is 16.3. The zero-order valence-corrected chi connectivity index (χ0v) is 10.8. The molecule has 0 unspecified atom stereocenters. The molecule has 98 valence electrons. The average Bonchev–Trinajstić information content (AvgIpc) is 2.40. The molecule has 1 heterocycles. The van der Waals surface area contributed by atoms with Crippen molar-refractivity contribution in [3.8, 4) is 5.75 Å². The minimum absolute atomic E-state index is 0.0612. The van der Waals surface area contributed by atoms with Gasteiger partial charge in [0.05, 0.1) is 0 Å². The second-order valence-corrected chi connectivity index (χ2v) is 4.68. The van der Waals surface area contributed by atoms with E-state index in [1.165, 1.54) is 0 Å². The maximum absolute atomic E-state index is 12.2. The highest BCUT2D eigenvalue weighted by Gasteiger charge is 2.21. The van der Waals surface area contributed by atoms with Crippen molar-refractivity contribution < 1.29 is 9.90 Å². The molecular formula is C14H20N2O2. The van der Waals surface area contributed by atoms with E-state index in [4.69, 9.17) is 0 Å². The Balaban J connectivity index is 1.93. The van der Waals surface area contributed by atoms with Crippen LogP contribution in [0.25, 0.3) is 0 Å². The number of benzene rings is 1. The van der Waals surface area contributed by atoms with Crippen LogP contribution in [0.1, 0.15) is 23.7 Å². The zero-order chi connectivity index (χ0) is 13.0. The Kier molecular flexibility index (Phi) is 4.20. The Morgan fingerprint density at radius 2 is 1.78 bits per heavy atom. The molecule has 1 N–H and O–H groups in total. The smallest absolute Gasteiger partial charge is 0.253 e. The maximum Gasteiger partial charge on any atom is 0.253 e. The zero-order valence-electron chi connectivity index (χ0n) is 10.8. The van der Waals surface area contributed by atoms with Gasteiger partial charge in [-0.05, 0) is 37.2 Å². The number of nitrogens with zero attached hydrogens (tertiary/aromatic N) is 2. The van der Waals surface area contributed by atoms with Gasteiger partial charge in [-0.25, -0.2) is 0 Å². The second kappa shape index (κ2) is 5.87. The third kappa shape index (κ3) is 3.01. The molecule has 1 aromatic carbocycles. The predicted molar refractivity (Wildman–Crippen MR) is 70.7 cm³/mol. The Labute approximate surface area is 108 Å². The van der Waals surface area contributed by atoms with Crippen LogP contribution in [0.2, 0.25) is 0 Å². The van der Waals surface area contributed by atoms with Crippen molar-refractivity contribution in [3.63, 3.8) is 0 Å². The van der Waals surface area contributed by atoms with Crippen LogP contribution >= 0.6 is 0 Å². The fraction of sp³-hybridized carbons (Fsp3) is 0.500. The number of piperazine rings is 1. The summed E-state index contributed by atoms with van der Waals surface area (Å²) in [5.74, 6) is 0.255. The number of aromatic hydroxyl groups is 1. The quantitative estimate of drug-likeness (QED) is 0.883. The molecule has 0 atom stereocenters. The fourth-order valence-electron chi connectivity index (χ4n) is 2.28. The van der Waals surface area contributed by atoms with Gasteiger partial charge in [-0.3, -0.25) is 9.69 Å². The van der Waals surface area contributed by atoms with E-state index in [9.17, 15) is 9.90 Å². The van der Waals surface area contributed by atoms with E-state index in [0.717, 1.165) is 39.1 Å². The van der Waals surface area contributed by atoms with Crippen LogP contribution in [0.5, 0.6) is 5.75 Å². The topological polar surface area (TPSA) is 43.8 Å². The minimum Gasteiger partial charge on any atom is -0.508 e. The first-order valence-electron chi connectivity index (χ1n) is 6.51. The number of amides is 1. The normalized spacial score (nSPS) is 16.8. The summed E-state index contributed by atoms with van der Waals surface area (Å²) in [4.78, 5) is 16.5. The summed E-state index contributed by atoms with van der Waals surface area (Å²) in [6.45, 7) is 6.78. The Morgan fingerprint density at radius 3 is 2.33 bits per heavy atom. The Hall–Kier alpha value is -1.55. The summed E-state index contributed by atoms with van der Waals surface area (Å²) in [7, 11) is 0. The van der Waals surface area contributed by atoms with Gasteiger partial charge in [0.15, 0.2) is 0 Å². The molecule has 1 saturated heterocycles. The number of hydrogen-bond acceptors (Lipinski definition) is 3. The number of hydrogen-bond donors (Lipinski definition) is 1. The third-order valence-corrected chi connectivity index (χ3v) is 3.31. The van der Waals surface area contributed by atoms with Gasteiger partial charge in [-0.1, -0.05) is 6.92 Å². The number of carbonyl (C=O) groups excluding carboxylic acids is 1. The summed E-state index contributed by atoms with van der Waals surface area (Å²) < 4.78 is 0. The van der Waals surface area contributed by atoms with Gasteiger partial charge in [0.1, 0.15) is 5.75 Å².